The predicted octanol–water partition coefficient (Wildman–Crippen LogP) is 2.78. The van der Waals surface area contributed by atoms with Crippen molar-refractivity contribution in [2.75, 3.05) is 30.0 Å². The highest BCUT2D eigenvalue weighted by Gasteiger charge is 2.28. The Kier molecular flexibility index (Phi) is 4.31. The van der Waals surface area contributed by atoms with E-state index in [-0.39, 0.29) is 0 Å². The van der Waals surface area contributed by atoms with Crippen molar-refractivity contribution in [3.63, 3.8) is 0 Å². The van der Waals surface area contributed by atoms with Crippen LogP contribution in [0.5, 0.6) is 5.75 Å². The average molecular weight is 351 g/mol. The predicted molar refractivity (Wildman–Crippen MR) is 105 cm³/mol. The second kappa shape index (κ2) is 6.63. The fourth-order valence-corrected chi connectivity index (χ4v) is 4.15. The topological polar surface area (TPSA) is 43.0 Å². The molecule has 2 aromatic rings. The summed E-state index contributed by atoms with van der Waals surface area (Å²) in [5, 5.41) is 17.5. The van der Waals surface area contributed by atoms with Crippen LogP contribution < -0.4 is 14.5 Å². The highest BCUT2D eigenvalue weighted by atomic mass is 16.3. The van der Waals surface area contributed by atoms with Gasteiger partial charge in [0.15, 0.2) is 12.4 Å². The molecule has 0 atom stereocenters. The van der Waals surface area contributed by atoms with Gasteiger partial charge in [-0.05, 0) is 44.2 Å². The first-order chi connectivity index (χ1) is 12.5. The van der Waals surface area contributed by atoms with Gasteiger partial charge >= 0.3 is 0 Å². The number of aromatic hydroxyl groups is 1. The molecule has 2 aliphatic heterocycles. The van der Waals surface area contributed by atoms with Gasteiger partial charge in [0.05, 0.1) is 5.71 Å². The van der Waals surface area contributed by atoms with Crippen molar-refractivity contribution < 1.29 is 9.67 Å². The third-order valence-electron chi connectivity index (χ3n) is 5.52. The van der Waals surface area contributed by atoms with E-state index in [0.717, 1.165) is 54.9 Å². The minimum Gasteiger partial charge on any atom is -0.505 e. The highest BCUT2D eigenvalue weighted by Crippen LogP contribution is 2.45. The molecule has 0 saturated heterocycles. The maximum Gasteiger partial charge on any atom is 0.169 e. The van der Waals surface area contributed by atoms with Crippen LogP contribution in [-0.4, -0.2) is 31.0 Å². The van der Waals surface area contributed by atoms with Crippen LogP contribution in [-0.2, 0) is 19.9 Å². The van der Waals surface area contributed by atoms with E-state index in [9.17, 15) is 5.11 Å². The van der Waals surface area contributed by atoms with Gasteiger partial charge in [-0.25, -0.2) is 4.57 Å². The van der Waals surface area contributed by atoms with Crippen LogP contribution in [0.25, 0.3) is 0 Å². The first-order valence-corrected chi connectivity index (χ1v) is 9.42. The molecule has 136 valence electrons. The van der Waals surface area contributed by atoms with E-state index in [4.69, 9.17) is 5.10 Å². The van der Waals surface area contributed by atoms with Gasteiger partial charge in [-0.15, -0.1) is 0 Å². The molecule has 0 saturated carbocycles. The number of hydrazone groups is 1. The molecule has 1 aromatic heterocycles. The number of aromatic nitrogens is 1. The number of hydrogen-bond donors (Lipinski definition) is 1. The summed E-state index contributed by atoms with van der Waals surface area (Å²) in [6, 6.07) is 6.25. The summed E-state index contributed by atoms with van der Waals surface area (Å²) in [6.45, 7) is 4.22. The second-order valence-electron chi connectivity index (χ2n) is 7.39. The molecule has 0 aliphatic carbocycles. The Hall–Kier alpha value is -2.56. The molecule has 0 amide bonds. The zero-order chi connectivity index (χ0) is 18.3. The van der Waals surface area contributed by atoms with Crippen molar-refractivity contribution in [1.29, 1.82) is 0 Å². The largest absolute Gasteiger partial charge is 0.505 e. The van der Waals surface area contributed by atoms with Crippen LogP contribution in [0.15, 0.2) is 35.7 Å². The molecule has 5 nitrogen and oxygen atoms in total. The van der Waals surface area contributed by atoms with Crippen molar-refractivity contribution in [2.45, 2.75) is 32.6 Å². The molecule has 0 unspecified atom stereocenters. The van der Waals surface area contributed by atoms with E-state index in [1.165, 1.54) is 17.7 Å². The molecular formula is C21H27N4O+. The number of phenolic OH excluding ortho intramolecular Hbond substituents is 1. The monoisotopic (exact) mass is 351 g/mol. The summed E-state index contributed by atoms with van der Waals surface area (Å²) in [5.41, 5.74) is 6.57. The Morgan fingerprint density at radius 1 is 1.19 bits per heavy atom. The number of phenols is 1. The number of aryl methyl sites for hydroxylation is 2. The van der Waals surface area contributed by atoms with Gasteiger partial charge in [-0.1, -0.05) is 0 Å². The third kappa shape index (κ3) is 2.91. The average Bonchev–Trinajstić information content (AvgIpc) is 2.65. The molecule has 26 heavy (non-hydrogen) atoms. The van der Waals surface area contributed by atoms with E-state index in [1.54, 1.807) is 0 Å². The molecule has 1 N–H and O–H groups in total. The zero-order valence-electron chi connectivity index (χ0n) is 15.9. The Morgan fingerprint density at radius 2 is 1.88 bits per heavy atom. The summed E-state index contributed by atoms with van der Waals surface area (Å²) >= 11 is 0. The lowest BCUT2D eigenvalue weighted by atomic mass is 9.90. The summed E-state index contributed by atoms with van der Waals surface area (Å²) in [6.07, 6.45) is 8.36. The molecule has 0 radical (unpaired) electrons. The number of benzene rings is 1. The highest BCUT2D eigenvalue weighted by molar-refractivity contribution is 5.99. The summed E-state index contributed by atoms with van der Waals surface area (Å²) in [7, 11) is 3.92. The first-order valence-electron chi connectivity index (χ1n) is 9.42. The van der Waals surface area contributed by atoms with Gasteiger partial charge in [0.2, 0.25) is 0 Å². The van der Waals surface area contributed by atoms with E-state index in [2.05, 4.69) is 23.1 Å². The second-order valence-corrected chi connectivity index (χ2v) is 7.39. The van der Waals surface area contributed by atoms with Gasteiger partial charge in [-0.2, -0.15) is 5.10 Å². The molecule has 1 aromatic carbocycles. The van der Waals surface area contributed by atoms with E-state index in [1.807, 2.05) is 43.0 Å². The van der Waals surface area contributed by atoms with Crippen molar-refractivity contribution in [2.24, 2.45) is 12.1 Å². The van der Waals surface area contributed by atoms with Crippen LogP contribution in [0.3, 0.4) is 0 Å². The molecule has 0 fully saturated rings. The Balaban J connectivity index is 1.71. The SMILES string of the molecule is CC(=NN(C)c1cc2c3c(c1O)CCCN3CCC2)c1cc[n+](C)cc1. The van der Waals surface area contributed by atoms with Gasteiger partial charge in [0, 0.05) is 49.1 Å². The normalized spacial score (nSPS) is 16.4. The standard InChI is InChI=1S/C21H26N4O/c1-15(16-8-12-23(2)13-9-16)22-24(3)19-14-17-6-4-10-25-11-5-7-18(20(17)25)21(19)26/h8-9,12-14H,4-7,10-11H2,1-3H3/p+1. The number of pyridine rings is 1. The van der Waals surface area contributed by atoms with Crippen LogP contribution in [0.1, 0.15) is 36.5 Å². The minimum absolute atomic E-state index is 0.397. The van der Waals surface area contributed by atoms with Gasteiger partial charge in [0.25, 0.3) is 0 Å². The first kappa shape index (κ1) is 16.9. The van der Waals surface area contributed by atoms with E-state index >= 15 is 0 Å². The molecular weight excluding hydrogens is 324 g/mol. The number of nitrogens with zero attached hydrogens (tertiary/aromatic N) is 4. The Bertz CT molecular complexity index is 855. The maximum absolute atomic E-state index is 10.9. The van der Waals surface area contributed by atoms with Crippen LogP contribution in [0, 0.1) is 0 Å². The quantitative estimate of drug-likeness (QED) is 0.525. The molecule has 0 bridgehead atoms. The van der Waals surface area contributed by atoms with Gasteiger partial charge in [-0.3, -0.25) is 5.01 Å². The van der Waals surface area contributed by atoms with Crippen molar-refractivity contribution in [3.8, 4) is 5.75 Å². The molecule has 3 heterocycles. The fraction of sp³-hybridized carbons (Fsp3) is 0.429. The van der Waals surface area contributed by atoms with Crippen molar-refractivity contribution in [1.82, 2.24) is 0 Å². The Labute approximate surface area is 155 Å². The van der Waals surface area contributed by atoms with Crippen molar-refractivity contribution in [3.05, 3.63) is 47.3 Å². The summed E-state index contributed by atoms with van der Waals surface area (Å²) in [5.74, 6) is 0.397. The number of hydrogen-bond acceptors (Lipinski definition) is 4. The zero-order valence-corrected chi connectivity index (χ0v) is 15.9. The molecule has 2 aliphatic rings. The molecule has 5 heteroatoms. The number of anilines is 2. The lowest BCUT2D eigenvalue weighted by Gasteiger charge is -2.38. The smallest absolute Gasteiger partial charge is 0.169 e. The third-order valence-corrected chi connectivity index (χ3v) is 5.52. The van der Waals surface area contributed by atoms with Crippen LogP contribution in [0.2, 0.25) is 0 Å². The number of rotatable bonds is 3. The van der Waals surface area contributed by atoms with Crippen LogP contribution >= 0.6 is 0 Å². The lowest BCUT2D eigenvalue weighted by molar-refractivity contribution is -0.671. The minimum atomic E-state index is 0.397. The summed E-state index contributed by atoms with van der Waals surface area (Å²) < 4.78 is 2.01. The van der Waals surface area contributed by atoms with E-state index in [0.29, 0.717) is 5.75 Å². The molecule has 4 rings (SSSR count). The van der Waals surface area contributed by atoms with Gasteiger partial charge in [0.1, 0.15) is 18.5 Å². The van der Waals surface area contributed by atoms with Crippen LogP contribution in [0.4, 0.5) is 11.4 Å². The van der Waals surface area contributed by atoms with E-state index < -0.39 is 0 Å². The van der Waals surface area contributed by atoms with Gasteiger partial charge < -0.3 is 10.0 Å². The van der Waals surface area contributed by atoms with Crippen molar-refractivity contribution >= 4 is 17.1 Å². The fourth-order valence-electron chi connectivity index (χ4n) is 4.15. The maximum atomic E-state index is 10.9. The lowest BCUT2D eigenvalue weighted by Crippen LogP contribution is -2.34. The Morgan fingerprint density at radius 3 is 2.62 bits per heavy atom. The summed E-state index contributed by atoms with van der Waals surface area (Å²) in [4.78, 5) is 2.44. The molecule has 0 spiro atoms.